The molecule has 0 spiro atoms. The van der Waals surface area contributed by atoms with Crippen LogP contribution in [0.25, 0.3) is 0 Å². The van der Waals surface area contributed by atoms with Crippen molar-refractivity contribution in [2.75, 3.05) is 6.54 Å². The maximum atomic E-state index is 9.59. The third-order valence-corrected chi connectivity index (χ3v) is 1.86. The van der Waals surface area contributed by atoms with E-state index in [1.807, 2.05) is 20.8 Å². The standard InChI is InChI=1S/C8H17NO.Sc/c1-5-8(4,10)7(3)9-6-2;/h10H,5-6H2,1-4H3;. The molecule has 1 radical (unpaired) electrons. The van der Waals surface area contributed by atoms with Crippen molar-refractivity contribution in [2.45, 2.75) is 39.7 Å². The molecule has 1 N–H and O–H groups in total. The Hall–Kier alpha value is 0.500. The Balaban J connectivity index is 0. The summed E-state index contributed by atoms with van der Waals surface area (Å²) in [5.41, 5.74) is 0.133. The van der Waals surface area contributed by atoms with Gasteiger partial charge in [0.05, 0.1) is 5.60 Å². The first-order valence-corrected chi connectivity index (χ1v) is 3.78. The summed E-state index contributed by atoms with van der Waals surface area (Å²) in [6, 6.07) is 0. The van der Waals surface area contributed by atoms with E-state index in [0.29, 0.717) is 0 Å². The van der Waals surface area contributed by atoms with Gasteiger partial charge in [-0.2, -0.15) is 0 Å². The Morgan fingerprint density at radius 2 is 1.91 bits per heavy atom. The van der Waals surface area contributed by atoms with Crippen LogP contribution in [0.1, 0.15) is 34.1 Å². The van der Waals surface area contributed by atoms with Crippen LogP contribution in [0.15, 0.2) is 4.99 Å². The summed E-state index contributed by atoms with van der Waals surface area (Å²) in [4.78, 5) is 4.13. The van der Waals surface area contributed by atoms with Crippen LogP contribution in [0.4, 0.5) is 0 Å². The molecule has 0 aromatic rings. The van der Waals surface area contributed by atoms with E-state index in [1.54, 1.807) is 6.92 Å². The van der Waals surface area contributed by atoms with Crippen molar-refractivity contribution in [2.24, 2.45) is 4.99 Å². The van der Waals surface area contributed by atoms with E-state index in [-0.39, 0.29) is 25.8 Å². The smallest absolute Gasteiger partial charge is 0.0988 e. The van der Waals surface area contributed by atoms with Crippen molar-refractivity contribution in [1.82, 2.24) is 0 Å². The zero-order valence-electron chi connectivity index (χ0n) is 7.89. The van der Waals surface area contributed by atoms with Crippen LogP contribution >= 0.6 is 0 Å². The van der Waals surface area contributed by atoms with Crippen LogP contribution in [0.3, 0.4) is 0 Å². The maximum Gasteiger partial charge on any atom is 0.0988 e. The second-order valence-electron chi connectivity index (χ2n) is 2.69. The molecule has 0 aromatic heterocycles. The predicted molar refractivity (Wildman–Crippen MR) is 44.6 cm³/mol. The van der Waals surface area contributed by atoms with Gasteiger partial charge in [-0.25, -0.2) is 0 Å². The van der Waals surface area contributed by atoms with Gasteiger partial charge in [0.25, 0.3) is 0 Å². The van der Waals surface area contributed by atoms with Crippen molar-refractivity contribution in [3.8, 4) is 0 Å². The van der Waals surface area contributed by atoms with E-state index >= 15 is 0 Å². The number of nitrogens with zero attached hydrogens (tertiary/aromatic N) is 1. The zero-order chi connectivity index (χ0) is 8.20. The van der Waals surface area contributed by atoms with E-state index in [1.165, 1.54) is 0 Å². The van der Waals surface area contributed by atoms with Crippen molar-refractivity contribution in [3.05, 3.63) is 0 Å². The molecule has 0 aliphatic heterocycles. The Morgan fingerprint density at radius 1 is 1.45 bits per heavy atom. The van der Waals surface area contributed by atoms with Gasteiger partial charge in [0.15, 0.2) is 0 Å². The van der Waals surface area contributed by atoms with Crippen molar-refractivity contribution < 1.29 is 30.9 Å². The molecule has 3 heteroatoms. The fourth-order valence-electron chi connectivity index (χ4n) is 0.663. The second-order valence-corrected chi connectivity index (χ2v) is 2.69. The molecule has 1 unspecified atom stereocenters. The number of rotatable bonds is 3. The van der Waals surface area contributed by atoms with Crippen molar-refractivity contribution in [3.63, 3.8) is 0 Å². The van der Waals surface area contributed by atoms with Gasteiger partial charge in [0.2, 0.25) is 0 Å². The van der Waals surface area contributed by atoms with E-state index in [2.05, 4.69) is 4.99 Å². The topological polar surface area (TPSA) is 32.6 Å². The zero-order valence-corrected chi connectivity index (χ0v) is 9.69. The van der Waals surface area contributed by atoms with Crippen LogP contribution in [0, 0.1) is 0 Å². The van der Waals surface area contributed by atoms with Crippen molar-refractivity contribution >= 4 is 5.71 Å². The molecule has 0 amide bonds. The van der Waals surface area contributed by atoms with Crippen LogP contribution in [0.2, 0.25) is 0 Å². The summed E-state index contributed by atoms with van der Waals surface area (Å²) >= 11 is 0. The quantitative estimate of drug-likeness (QED) is 0.671. The van der Waals surface area contributed by atoms with E-state index in [9.17, 15) is 5.11 Å². The van der Waals surface area contributed by atoms with Gasteiger partial charge < -0.3 is 5.11 Å². The summed E-state index contributed by atoms with van der Waals surface area (Å²) in [7, 11) is 0. The first-order valence-electron chi connectivity index (χ1n) is 3.78. The summed E-state index contributed by atoms with van der Waals surface area (Å²) in [6.07, 6.45) is 0.725. The molecule has 1 atom stereocenters. The first kappa shape index (κ1) is 14.0. The molecule has 11 heavy (non-hydrogen) atoms. The van der Waals surface area contributed by atoms with Gasteiger partial charge in [-0.3, -0.25) is 4.99 Å². The molecule has 63 valence electrons. The molecular weight excluding hydrogens is 171 g/mol. The predicted octanol–water partition coefficient (Wildman–Crippen LogP) is 1.63. The monoisotopic (exact) mass is 188 g/mol. The van der Waals surface area contributed by atoms with Crippen LogP contribution in [0.5, 0.6) is 0 Å². The molecular formula is C8H17NOSc. The number of hydrogen-bond donors (Lipinski definition) is 1. The molecule has 0 aliphatic rings. The molecule has 0 fully saturated rings. The molecule has 0 saturated carbocycles. The Labute approximate surface area is 87.9 Å². The largest absolute Gasteiger partial charge is 0.384 e. The fraction of sp³-hybridized carbons (Fsp3) is 0.875. The van der Waals surface area contributed by atoms with Gasteiger partial charge in [0.1, 0.15) is 0 Å². The minimum atomic E-state index is -0.698. The number of hydrogen-bond acceptors (Lipinski definition) is 2. The molecule has 0 aromatic carbocycles. The molecule has 2 nitrogen and oxygen atoms in total. The average Bonchev–Trinajstić information content (AvgIpc) is 1.89. The molecule has 0 heterocycles. The SMILES string of the molecule is CCN=C(C)C(C)(O)CC.[Sc]. The minimum Gasteiger partial charge on any atom is -0.384 e. The van der Waals surface area contributed by atoms with E-state index < -0.39 is 5.60 Å². The normalized spacial score (nSPS) is 17.0. The van der Waals surface area contributed by atoms with Gasteiger partial charge in [0, 0.05) is 38.1 Å². The van der Waals surface area contributed by atoms with Gasteiger partial charge >= 0.3 is 0 Å². The van der Waals surface area contributed by atoms with Crippen LogP contribution < -0.4 is 0 Å². The van der Waals surface area contributed by atoms with Crippen LogP contribution in [-0.2, 0) is 25.8 Å². The Morgan fingerprint density at radius 3 is 2.18 bits per heavy atom. The number of aliphatic imine (C=N–C) groups is 1. The fourth-order valence-corrected chi connectivity index (χ4v) is 0.663. The molecule has 0 rings (SSSR count). The Bertz CT molecular complexity index is 132. The molecule has 0 aliphatic carbocycles. The summed E-state index contributed by atoms with van der Waals surface area (Å²) < 4.78 is 0. The maximum absolute atomic E-state index is 9.59. The van der Waals surface area contributed by atoms with E-state index in [4.69, 9.17) is 0 Å². The summed E-state index contributed by atoms with van der Waals surface area (Å²) in [6.45, 7) is 8.33. The molecule has 0 bridgehead atoms. The minimum absolute atomic E-state index is 0. The first-order chi connectivity index (χ1) is 4.54. The third kappa shape index (κ3) is 4.86. The summed E-state index contributed by atoms with van der Waals surface area (Å²) in [5.74, 6) is 0. The number of aliphatic hydroxyl groups is 1. The third-order valence-electron chi connectivity index (χ3n) is 1.86. The van der Waals surface area contributed by atoms with Gasteiger partial charge in [-0.15, -0.1) is 0 Å². The summed E-state index contributed by atoms with van der Waals surface area (Å²) in [5, 5.41) is 9.59. The second kappa shape index (κ2) is 6.06. The van der Waals surface area contributed by atoms with E-state index in [0.717, 1.165) is 18.7 Å². The van der Waals surface area contributed by atoms with Gasteiger partial charge in [-0.05, 0) is 27.2 Å². The van der Waals surface area contributed by atoms with Gasteiger partial charge in [-0.1, -0.05) is 6.92 Å². The molecule has 0 saturated heterocycles. The van der Waals surface area contributed by atoms with Crippen molar-refractivity contribution in [1.29, 1.82) is 0 Å². The Kier molecular flexibility index (Phi) is 7.75. The average molecular weight is 188 g/mol. The van der Waals surface area contributed by atoms with Crippen LogP contribution in [-0.4, -0.2) is 23.0 Å².